The minimum absolute atomic E-state index is 0.115. The van der Waals surface area contributed by atoms with Crippen LogP contribution in [0.3, 0.4) is 0 Å². The fraction of sp³-hybridized carbons (Fsp3) is 0.538. The molecule has 0 saturated carbocycles. The predicted molar refractivity (Wildman–Crippen MR) is 127 cm³/mol. The largest absolute Gasteiger partial charge is 0.393 e. The number of piperidine rings is 1. The van der Waals surface area contributed by atoms with E-state index in [2.05, 4.69) is 53.3 Å². The molecule has 2 atom stereocenters. The van der Waals surface area contributed by atoms with Crippen molar-refractivity contribution in [2.24, 2.45) is 5.92 Å². The van der Waals surface area contributed by atoms with E-state index in [4.69, 9.17) is 4.52 Å². The van der Waals surface area contributed by atoms with Crippen LogP contribution in [0.25, 0.3) is 10.9 Å². The van der Waals surface area contributed by atoms with E-state index in [-0.39, 0.29) is 24.1 Å². The highest BCUT2D eigenvalue weighted by Crippen LogP contribution is 2.36. The molecule has 0 radical (unpaired) electrons. The van der Waals surface area contributed by atoms with E-state index in [1.54, 1.807) is 0 Å². The van der Waals surface area contributed by atoms with Crippen LogP contribution in [0, 0.1) is 12.8 Å². The summed E-state index contributed by atoms with van der Waals surface area (Å²) < 4.78 is 7.52. The summed E-state index contributed by atoms with van der Waals surface area (Å²) in [5.41, 5.74) is 4.55. The number of likely N-dealkylation sites (tertiary alicyclic amines) is 1. The summed E-state index contributed by atoms with van der Waals surface area (Å²) >= 11 is 0. The second-order valence-corrected chi connectivity index (χ2v) is 10.1. The summed E-state index contributed by atoms with van der Waals surface area (Å²) in [6.07, 6.45) is 4.85. The average Bonchev–Trinajstić information content (AvgIpc) is 3.31. The smallest absolute Gasteiger partial charge is 0.240 e. The summed E-state index contributed by atoms with van der Waals surface area (Å²) in [5.74, 6) is 1.46. The van der Waals surface area contributed by atoms with Crippen molar-refractivity contribution in [3.63, 3.8) is 0 Å². The lowest BCUT2D eigenvalue weighted by atomic mass is 9.94. The number of nitrogens with zero attached hydrogens (tertiary/aromatic N) is 3. The van der Waals surface area contributed by atoms with Gasteiger partial charge in [-0.15, -0.1) is 0 Å². The molecular weight excluding hydrogens is 416 g/mol. The minimum Gasteiger partial charge on any atom is -0.393 e. The molecule has 3 aromatic rings. The first-order chi connectivity index (χ1) is 15.9. The normalized spacial score (nSPS) is 21.7. The highest BCUT2D eigenvalue weighted by molar-refractivity contribution is 5.90. The number of nitrogens with one attached hydrogen (secondary N) is 1. The fourth-order valence-electron chi connectivity index (χ4n) is 5.45. The Morgan fingerprint density at radius 3 is 2.79 bits per heavy atom. The molecule has 0 unspecified atom stereocenters. The van der Waals surface area contributed by atoms with E-state index in [1.807, 2.05) is 17.9 Å². The average molecular weight is 451 g/mol. The standard InChI is InChI=1S/C26H34N4O3/c1-16(2)11-22-21-5-4-6-24-25(21)18(14-30(24)15-19-12-17(3)33-28-19)13-23(27-22)26(32)29-9-7-20(31)8-10-29/h4-6,12,14,16,20,22-23,27,31H,7-11,13,15H2,1-3H3/t22-,23-/m0/s1. The highest BCUT2D eigenvalue weighted by Gasteiger charge is 2.34. The molecule has 176 valence electrons. The minimum atomic E-state index is -0.289. The van der Waals surface area contributed by atoms with Gasteiger partial charge in [0.15, 0.2) is 0 Å². The lowest BCUT2D eigenvalue weighted by molar-refractivity contribution is -0.135. The molecule has 0 spiro atoms. The Balaban J connectivity index is 1.52. The molecule has 1 saturated heterocycles. The molecule has 0 bridgehead atoms. The maximum Gasteiger partial charge on any atom is 0.240 e. The first kappa shape index (κ1) is 22.2. The molecule has 1 aromatic carbocycles. The molecule has 7 nitrogen and oxygen atoms in total. The van der Waals surface area contributed by atoms with Crippen molar-refractivity contribution >= 4 is 16.8 Å². The zero-order valence-corrected chi connectivity index (χ0v) is 19.8. The van der Waals surface area contributed by atoms with E-state index >= 15 is 0 Å². The van der Waals surface area contributed by atoms with E-state index in [9.17, 15) is 9.90 Å². The molecule has 7 heteroatoms. The lowest BCUT2D eigenvalue weighted by Crippen LogP contribution is -2.51. The molecule has 2 aromatic heterocycles. The van der Waals surface area contributed by atoms with Gasteiger partial charge < -0.3 is 19.1 Å². The maximum atomic E-state index is 13.6. The first-order valence-electron chi connectivity index (χ1n) is 12.1. The number of hydrogen-bond donors (Lipinski definition) is 2. The second kappa shape index (κ2) is 8.95. The SMILES string of the molecule is Cc1cc(Cn2cc3c4c(cccc42)[C@H](CC(C)C)N[C@H](C(=O)N2CCC(O)CC2)C3)no1. The van der Waals surface area contributed by atoms with Crippen LogP contribution < -0.4 is 5.32 Å². The molecule has 2 N–H and O–H groups in total. The molecule has 33 heavy (non-hydrogen) atoms. The first-order valence-corrected chi connectivity index (χ1v) is 12.1. The number of aryl methyl sites for hydroxylation is 1. The topological polar surface area (TPSA) is 83.5 Å². The predicted octanol–water partition coefficient (Wildman–Crippen LogP) is 3.57. The van der Waals surface area contributed by atoms with Crippen molar-refractivity contribution in [2.75, 3.05) is 13.1 Å². The summed E-state index contributed by atoms with van der Waals surface area (Å²) in [7, 11) is 0. The van der Waals surface area contributed by atoms with Gasteiger partial charge in [0, 0.05) is 42.3 Å². The molecule has 5 rings (SSSR count). The summed E-state index contributed by atoms with van der Waals surface area (Å²) in [6, 6.07) is 8.31. The van der Waals surface area contributed by atoms with Crippen molar-refractivity contribution < 1.29 is 14.4 Å². The number of rotatable bonds is 5. The number of aliphatic hydroxyl groups is 1. The van der Waals surface area contributed by atoms with Crippen molar-refractivity contribution in [1.29, 1.82) is 0 Å². The third-order valence-corrected chi connectivity index (χ3v) is 7.01. The Bertz CT molecular complexity index is 1140. The van der Waals surface area contributed by atoms with Crippen LogP contribution in [-0.4, -0.2) is 50.9 Å². The summed E-state index contributed by atoms with van der Waals surface area (Å²) in [4.78, 5) is 15.5. The van der Waals surface area contributed by atoms with Gasteiger partial charge in [0.2, 0.25) is 5.91 Å². The molecule has 2 aliphatic rings. The van der Waals surface area contributed by atoms with Gasteiger partial charge in [0.05, 0.1) is 18.7 Å². The second-order valence-electron chi connectivity index (χ2n) is 10.1. The van der Waals surface area contributed by atoms with Gasteiger partial charge in [-0.05, 0) is 55.7 Å². The van der Waals surface area contributed by atoms with Crippen LogP contribution in [0.15, 0.2) is 35.0 Å². The van der Waals surface area contributed by atoms with Gasteiger partial charge in [0.25, 0.3) is 0 Å². The van der Waals surface area contributed by atoms with E-state index in [0.29, 0.717) is 44.8 Å². The monoisotopic (exact) mass is 450 g/mol. The van der Waals surface area contributed by atoms with Crippen LogP contribution >= 0.6 is 0 Å². The van der Waals surface area contributed by atoms with Crippen LogP contribution in [0.4, 0.5) is 0 Å². The van der Waals surface area contributed by atoms with Crippen LogP contribution in [0.2, 0.25) is 0 Å². The molecule has 0 aliphatic carbocycles. The van der Waals surface area contributed by atoms with Crippen LogP contribution in [0.1, 0.15) is 61.7 Å². The molecule has 4 heterocycles. The maximum absolute atomic E-state index is 13.6. The van der Waals surface area contributed by atoms with Gasteiger partial charge in [-0.1, -0.05) is 31.1 Å². The quantitative estimate of drug-likeness (QED) is 0.621. The number of hydrogen-bond acceptors (Lipinski definition) is 5. The van der Waals surface area contributed by atoms with Crippen molar-refractivity contribution in [1.82, 2.24) is 19.9 Å². The molecule has 2 aliphatic heterocycles. The Morgan fingerprint density at radius 2 is 2.09 bits per heavy atom. The van der Waals surface area contributed by atoms with E-state index in [1.165, 1.54) is 22.0 Å². The van der Waals surface area contributed by atoms with Gasteiger partial charge >= 0.3 is 0 Å². The van der Waals surface area contributed by atoms with Crippen molar-refractivity contribution in [3.8, 4) is 0 Å². The van der Waals surface area contributed by atoms with E-state index in [0.717, 1.165) is 17.9 Å². The van der Waals surface area contributed by atoms with Gasteiger partial charge in [-0.3, -0.25) is 10.1 Å². The van der Waals surface area contributed by atoms with Crippen molar-refractivity contribution in [3.05, 3.63) is 53.0 Å². The third kappa shape index (κ3) is 4.44. The molecule has 1 amide bonds. The molecular formula is C26H34N4O3. The Labute approximate surface area is 194 Å². The lowest BCUT2D eigenvalue weighted by Gasteiger charge is -2.34. The fourth-order valence-corrected chi connectivity index (χ4v) is 5.45. The zero-order valence-electron chi connectivity index (χ0n) is 19.8. The van der Waals surface area contributed by atoms with Crippen molar-refractivity contribution in [2.45, 2.75) is 71.2 Å². The number of carbonyl (C=O) groups is 1. The Hall–Kier alpha value is -2.64. The van der Waals surface area contributed by atoms with Crippen LogP contribution in [0.5, 0.6) is 0 Å². The summed E-state index contributed by atoms with van der Waals surface area (Å²) in [6.45, 7) is 8.26. The van der Waals surface area contributed by atoms with Gasteiger partial charge in [0.1, 0.15) is 11.5 Å². The highest BCUT2D eigenvalue weighted by atomic mass is 16.5. The summed E-state index contributed by atoms with van der Waals surface area (Å²) in [5, 5.41) is 19.1. The Morgan fingerprint density at radius 1 is 1.30 bits per heavy atom. The van der Waals surface area contributed by atoms with E-state index < -0.39 is 0 Å². The van der Waals surface area contributed by atoms with Gasteiger partial charge in [-0.2, -0.15) is 0 Å². The number of amides is 1. The third-order valence-electron chi connectivity index (χ3n) is 7.01. The number of benzene rings is 1. The number of carbonyl (C=O) groups excluding carboxylic acids is 1. The number of aromatic nitrogens is 2. The van der Waals surface area contributed by atoms with Gasteiger partial charge in [-0.25, -0.2) is 0 Å². The number of aliphatic hydroxyl groups excluding tert-OH is 1. The zero-order chi connectivity index (χ0) is 23.1. The van der Waals surface area contributed by atoms with Crippen LogP contribution in [-0.2, 0) is 17.8 Å². The molecule has 1 fully saturated rings. The Kier molecular flexibility index (Phi) is 6.01.